The standard InChI is InChI=1S/C29H23F7N2O3/c1-16(19-10-21(28(31,32)33)14-22(11-19)29(34,35)36)41-25-15-38-24(27(25)18-2-4-23(30)5-3-18)12-20(13-26(38)39)17-6-8-37(40)9-7-17/h2-11,13-14,16,24-25,27H,12,15H2,1H3/t16-,24+,25+,27+/m1/s1. The maximum Gasteiger partial charge on any atom is 0.416 e. The van der Waals surface area contributed by atoms with Gasteiger partial charge in [-0.3, -0.25) is 4.79 Å². The highest BCUT2D eigenvalue weighted by molar-refractivity contribution is 5.97. The van der Waals surface area contributed by atoms with Crippen LogP contribution in [0.2, 0.25) is 0 Å². The monoisotopic (exact) mass is 580 g/mol. The molecule has 1 amide bonds. The zero-order valence-electron chi connectivity index (χ0n) is 21.4. The minimum Gasteiger partial charge on any atom is -0.619 e. The fraction of sp³-hybridized carbons (Fsp3) is 0.310. The molecule has 0 spiro atoms. The molecule has 0 N–H and O–H groups in total. The van der Waals surface area contributed by atoms with Gasteiger partial charge in [0.05, 0.1) is 23.3 Å². The molecule has 216 valence electrons. The Balaban J connectivity index is 1.49. The van der Waals surface area contributed by atoms with E-state index >= 15 is 0 Å². The van der Waals surface area contributed by atoms with Gasteiger partial charge in [-0.05, 0) is 65.9 Å². The van der Waals surface area contributed by atoms with E-state index in [4.69, 9.17) is 4.74 Å². The lowest BCUT2D eigenvalue weighted by molar-refractivity contribution is -0.605. The Hall–Kier alpha value is -3.93. The molecule has 4 atom stereocenters. The number of carbonyl (C=O) groups excluding carboxylic acids is 1. The Morgan fingerprint density at radius 3 is 2.10 bits per heavy atom. The SMILES string of the molecule is C[C@@H](O[C@H]1CN2C(=O)C=C(c3cc[n+]([O-])cc3)C[C@H]2[C@@H]1c1ccc(F)cc1)c1cc(C(F)(F)F)cc(C(F)(F)F)c1. The number of benzene rings is 2. The third kappa shape index (κ3) is 5.92. The van der Waals surface area contributed by atoms with Gasteiger partial charge < -0.3 is 14.8 Å². The summed E-state index contributed by atoms with van der Waals surface area (Å²) in [5.41, 5.74) is -1.36. The fourth-order valence-corrected chi connectivity index (χ4v) is 5.52. The first-order chi connectivity index (χ1) is 19.2. The maximum atomic E-state index is 13.8. The van der Waals surface area contributed by atoms with Crippen LogP contribution in [0.15, 0.2) is 73.1 Å². The summed E-state index contributed by atoms with van der Waals surface area (Å²) in [7, 11) is 0. The van der Waals surface area contributed by atoms with Gasteiger partial charge >= 0.3 is 12.4 Å². The van der Waals surface area contributed by atoms with Crippen molar-refractivity contribution >= 4 is 11.5 Å². The van der Waals surface area contributed by atoms with Crippen LogP contribution < -0.4 is 4.73 Å². The molecular formula is C29H23F7N2O3. The number of amides is 1. The van der Waals surface area contributed by atoms with E-state index in [-0.39, 0.29) is 24.1 Å². The number of ether oxygens (including phenoxy) is 1. The van der Waals surface area contributed by atoms with Crippen molar-refractivity contribution in [3.8, 4) is 0 Å². The number of aromatic nitrogens is 1. The first-order valence-electron chi connectivity index (χ1n) is 12.6. The van der Waals surface area contributed by atoms with Gasteiger partial charge in [0.2, 0.25) is 5.91 Å². The second-order valence-electron chi connectivity index (χ2n) is 10.1. The van der Waals surface area contributed by atoms with Crippen LogP contribution in [0.4, 0.5) is 30.7 Å². The van der Waals surface area contributed by atoms with Crippen molar-refractivity contribution in [2.45, 2.75) is 49.9 Å². The summed E-state index contributed by atoms with van der Waals surface area (Å²) in [5, 5.41) is 11.5. The molecule has 1 saturated heterocycles. The summed E-state index contributed by atoms with van der Waals surface area (Å²) >= 11 is 0. The molecule has 0 aliphatic carbocycles. The van der Waals surface area contributed by atoms with Crippen molar-refractivity contribution in [1.29, 1.82) is 0 Å². The van der Waals surface area contributed by atoms with Crippen molar-refractivity contribution in [3.63, 3.8) is 0 Å². The Labute approximate surface area is 230 Å². The van der Waals surface area contributed by atoms with E-state index in [1.807, 2.05) is 0 Å². The molecule has 1 aromatic heterocycles. The van der Waals surface area contributed by atoms with Crippen LogP contribution in [0.1, 0.15) is 53.2 Å². The maximum absolute atomic E-state index is 13.8. The van der Waals surface area contributed by atoms with Gasteiger partial charge in [-0.1, -0.05) is 12.1 Å². The van der Waals surface area contributed by atoms with Crippen LogP contribution >= 0.6 is 0 Å². The van der Waals surface area contributed by atoms with Gasteiger partial charge in [0.1, 0.15) is 5.82 Å². The average Bonchev–Trinajstić information content (AvgIpc) is 3.26. The van der Waals surface area contributed by atoms with Crippen molar-refractivity contribution in [3.05, 3.63) is 112 Å². The van der Waals surface area contributed by atoms with Gasteiger partial charge in [0, 0.05) is 36.7 Å². The highest BCUT2D eigenvalue weighted by Crippen LogP contribution is 2.45. The van der Waals surface area contributed by atoms with Crippen molar-refractivity contribution < 1.29 is 45.0 Å². The minimum absolute atomic E-state index is 0.0140. The first-order valence-corrected chi connectivity index (χ1v) is 12.6. The molecular weight excluding hydrogens is 557 g/mol. The normalized spacial score (nSPS) is 22.0. The van der Waals surface area contributed by atoms with Crippen LogP contribution in [-0.4, -0.2) is 29.5 Å². The summed E-state index contributed by atoms with van der Waals surface area (Å²) in [6.45, 7) is 1.36. The van der Waals surface area contributed by atoms with Crippen LogP contribution in [-0.2, 0) is 21.9 Å². The Kier molecular flexibility index (Phi) is 7.31. The minimum atomic E-state index is -5.02. The molecule has 0 radical (unpaired) electrons. The predicted octanol–water partition coefficient (Wildman–Crippen LogP) is 6.42. The molecule has 2 aliphatic rings. The van der Waals surface area contributed by atoms with E-state index < -0.39 is 53.5 Å². The zero-order valence-corrected chi connectivity index (χ0v) is 21.4. The number of nitrogens with zero attached hydrogens (tertiary/aromatic N) is 2. The van der Waals surface area contributed by atoms with Gasteiger partial charge in [-0.2, -0.15) is 31.1 Å². The van der Waals surface area contributed by atoms with Gasteiger partial charge in [-0.25, -0.2) is 4.39 Å². The number of pyridine rings is 1. The average molecular weight is 581 g/mol. The molecule has 0 unspecified atom stereocenters. The van der Waals surface area contributed by atoms with E-state index in [0.29, 0.717) is 40.0 Å². The fourth-order valence-electron chi connectivity index (χ4n) is 5.52. The van der Waals surface area contributed by atoms with Gasteiger partial charge in [-0.15, -0.1) is 0 Å². The molecule has 1 fully saturated rings. The van der Waals surface area contributed by atoms with Crippen molar-refractivity contribution in [2.24, 2.45) is 0 Å². The van der Waals surface area contributed by atoms with Crippen molar-refractivity contribution in [1.82, 2.24) is 4.90 Å². The highest BCUT2D eigenvalue weighted by Gasteiger charge is 2.48. The van der Waals surface area contributed by atoms with Gasteiger partial charge in [0.25, 0.3) is 0 Å². The molecule has 0 saturated carbocycles. The molecule has 12 heteroatoms. The summed E-state index contributed by atoms with van der Waals surface area (Å²) in [6, 6.07) is 9.41. The molecule has 5 rings (SSSR count). The summed E-state index contributed by atoms with van der Waals surface area (Å²) < 4.78 is 101. The van der Waals surface area contributed by atoms with E-state index in [1.165, 1.54) is 49.7 Å². The molecule has 0 bridgehead atoms. The molecule has 3 aromatic rings. The topological polar surface area (TPSA) is 56.5 Å². The number of fused-ring (bicyclic) bond motifs is 1. The molecule has 41 heavy (non-hydrogen) atoms. The summed E-state index contributed by atoms with van der Waals surface area (Å²) in [5.74, 6) is -1.44. The number of halogens is 7. The lowest BCUT2D eigenvalue weighted by atomic mass is 9.83. The number of alkyl halides is 6. The lowest BCUT2D eigenvalue weighted by Gasteiger charge is -2.32. The first kappa shape index (κ1) is 28.6. The number of carbonyl (C=O) groups is 1. The van der Waals surface area contributed by atoms with Crippen LogP contribution in [0.5, 0.6) is 0 Å². The lowest BCUT2D eigenvalue weighted by Crippen LogP contribution is -2.39. The quantitative estimate of drug-likeness (QED) is 0.199. The zero-order chi connectivity index (χ0) is 29.7. The van der Waals surface area contributed by atoms with Gasteiger partial charge in [0.15, 0.2) is 12.4 Å². The molecule has 2 aliphatic heterocycles. The Morgan fingerprint density at radius 2 is 1.54 bits per heavy atom. The number of hydrogen-bond acceptors (Lipinski definition) is 3. The summed E-state index contributed by atoms with van der Waals surface area (Å²) in [4.78, 5) is 14.7. The predicted molar refractivity (Wildman–Crippen MR) is 132 cm³/mol. The van der Waals surface area contributed by atoms with E-state index in [1.54, 1.807) is 17.0 Å². The Bertz CT molecular complexity index is 1440. The Morgan fingerprint density at radius 1 is 0.951 bits per heavy atom. The van der Waals surface area contributed by atoms with E-state index in [9.17, 15) is 40.7 Å². The second kappa shape index (κ2) is 10.5. The van der Waals surface area contributed by atoms with Crippen molar-refractivity contribution in [2.75, 3.05) is 6.54 Å². The molecule has 2 aromatic carbocycles. The highest BCUT2D eigenvalue weighted by atomic mass is 19.4. The van der Waals surface area contributed by atoms with Crippen LogP contribution in [0.3, 0.4) is 0 Å². The van der Waals surface area contributed by atoms with E-state index in [0.717, 1.165) is 0 Å². The third-order valence-corrected chi connectivity index (χ3v) is 7.49. The molecule has 3 heterocycles. The molecule has 5 nitrogen and oxygen atoms in total. The van der Waals surface area contributed by atoms with Crippen LogP contribution in [0, 0.1) is 11.0 Å². The largest absolute Gasteiger partial charge is 0.619 e. The third-order valence-electron chi connectivity index (χ3n) is 7.49. The second-order valence-corrected chi connectivity index (χ2v) is 10.1. The smallest absolute Gasteiger partial charge is 0.416 e. The van der Waals surface area contributed by atoms with Crippen LogP contribution in [0.25, 0.3) is 5.57 Å². The number of hydrogen-bond donors (Lipinski definition) is 0. The number of rotatable bonds is 5. The summed E-state index contributed by atoms with van der Waals surface area (Å²) in [6.07, 6.45) is -7.75. The van der Waals surface area contributed by atoms with E-state index in [2.05, 4.69) is 0 Å².